The van der Waals surface area contributed by atoms with Crippen LogP contribution >= 0.6 is 0 Å². The van der Waals surface area contributed by atoms with Crippen molar-refractivity contribution in [2.24, 2.45) is 5.73 Å². The summed E-state index contributed by atoms with van der Waals surface area (Å²) in [4.78, 5) is 4.11. The second-order valence-corrected chi connectivity index (χ2v) is 3.98. The van der Waals surface area contributed by atoms with Gasteiger partial charge in [-0.3, -0.25) is 0 Å². The highest BCUT2D eigenvalue weighted by atomic mass is 16.3. The molecular formula is C12H15N3O2. The molecule has 0 amide bonds. The van der Waals surface area contributed by atoms with Gasteiger partial charge in [-0.05, 0) is 24.6 Å². The fourth-order valence-corrected chi connectivity index (χ4v) is 1.69. The largest absolute Gasteiger partial charge is 0.504 e. The van der Waals surface area contributed by atoms with Crippen LogP contribution in [-0.2, 0) is 6.54 Å². The second kappa shape index (κ2) is 4.47. The van der Waals surface area contributed by atoms with Crippen molar-refractivity contribution in [3.8, 4) is 11.5 Å². The van der Waals surface area contributed by atoms with Crippen LogP contribution in [0.5, 0.6) is 11.5 Å². The highest BCUT2D eigenvalue weighted by Crippen LogP contribution is 2.27. The highest BCUT2D eigenvalue weighted by Gasteiger charge is 2.10. The number of hydrogen-bond acceptors (Lipinski definition) is 4. The zero-order valence-corrected chi connectivity index (χ0v) is 9.54. The maximum atomic E-state index is 9.40. The fraction of sp³-hybridized carbons (Fsp3) is 0.250. The molecule has 1 aromatic carbocycles. The number of aryl methyl sites for hydroxylation is 1. The Morgan fingerprint density at radius 3 is 2.71 bits per heavy atom. The van der Waals surface area contributed by atoms with E-state index in [1.54, 1.807) is 12.3 Å². The number of rotatable bonds is 3. The molecule has 0 aliphatic heterocycles. The van der Waals surface area contributed by atoms with E-state index in [0.29, 0.717) is 6.54 Å². The minimum Gasteiger partial charge on any atom is -0.504 e. The van der Waals surface area contributed by atoms with Crippen molar-refractivity contribution in [2.45, 2.75) is 19.5 Å². The summed E-state index contributed by atoms with van der Waals surface area (Å²) in [5.41, 5.74) is 6.80. The number of hydrogen-bond donors (Lipinski definition) is 3. The first-order valence-corrected chi connectivity index (χ1v) is 5.33. The lowest BCUT2D eigenvalue weighted by atomic mass is 10.1. The molecule has 0 aliphatic carbocycles. The summed E-state index contributed by atoms with van der Waals surface area (Å²) in [7, 11) is 0. The van der Waals surface area contributed by atoms with Crippen LogP contribution in [-0.4, -0.2) is 19.8 Å². The molecule has 0 bridgehead atoms. The molecular weight excluding hydrogens is 218 g/mol. The number of phenols is 2. The summed E-state index contributed by atoms with van der Waals surface area (Å²) in [6, 6.07) is 4.36. The molecule has 17 heavy (non-hydrogen) atoms. The maximum absolute atomic E-state index is 9.40. The van der Waals surface area contributed by atoms with Gasteiger partial charge in [-0.2, -0.15) is 0 Å². The third kappa shape index (κ3) is 2.39. The molecule has 5 heteroatoms. The van der Waals surface area contributed by atoms with Crippen molar-refractivity contribution >= 4 is 0 Å². The van der Waals surface area contributed by atoms with Crippen LogP contribution in [0.2, 0.25) is 0 Å². The summed E-state index contributed by atoms with van der Waals surface area (Å²) in [5, 5.41) is 18.6. The molecule has 1 unspecified atom stereocenters. The zero-order chi connectivity index (χ0) is 12.4. The zero-order valence-electron chi connectivity index (χ0n) is 9.54. The fourth-order valence-electron chi connectivity index (χ4n) is 1.69. The monoisotopic (exact) mass is 233 g/mol. The quantitative estimate of drug-likeness (QED) is 0.698. The van der Waals surface area contributed by atoms with Crippen molar-refractivity contribution < 1.29 is 10.2 Å². The SMILES string of the molecule is Cc1nccn1CC(N)c1ccc(O)c(O)c1. The van der Waals surface area contributed by atoms with Crippen LogP contribution in [0, 0.1) is 6.92 Å². The summed E-state index contributed by atoms with van der Waals surface area (Å²) in [5.74, 6) is 0.600. The first-order chi connectivity index (χ1) is 8.08. The Morgan fingerprint density at radius 2 is 2.12 bits per heavy atom. The molecule has 0 aliphatic rings. The second-order valence-electron chi connectivity index (χ2n) is 3.98. The first kappa shape index (κ1) is 11.5. The Balaban J connectivity index is 2.17. The van der Waals surface area contributed by atoms with Gasteiger partial charge >= 0.3 is 0 Å². The summed E-state index contributed by atoms with van der Waals surface area (Å²) in [6.07, 6.45) is 3.58. The molecule has 0 spiro atoms. The molecule has 2 rings (SSSR count). The number of nitrogens with zero attached hydrogens (tertiary/aromatic N) is 2. The Morgan fingerprint density at radius 1 is 1.35 bits per heavy atom. The number of aromatic hydroxyl groups is 2. The van der Waals surface area contributed by atoms with Crippen molar-refractivity contribution in [1.29, 1.82) is 0 Å². The molecule has 0 saturated heterocycles. The van der Waals surface area contributed by atoms with Gasteiger partial charge < -0.3 is 20.5 Å². The number of benzene rings is 1. The standard InChI is InChI=1S/C12H15N3O2/c1-8-14-4-5-15(8)7-10(13)9-2-3-11(16)12(17)6-9/h2-6,10,16-17H,7,13H2,1H3. The molecule has 5 nitrogen and oxygen atoms in total. The topological polar surface area (TPSA) is 84.3 Å². The Labute approximate surface area is 99.2 Å². The minimum atomic E-state index is -0.255. The molecule has 4 N–H and O–H groups in total. The van der Waals surface area contributed by atoms with Crippen molar-refractivity contribution in [3.05, 3.63) is 42.0 Å². The molecule has 1 heterocycles. The van der Waals surface area contributed by atoms with Crippen molar-refractivity contribution in [3.63, 3.8) is 0 Å². The smallest absolute Gasteiger partial charge is 0.157 e. The number of aromatic nitrogens is 2. The van der Waals surface area contributed by atoms with Gasteiger partial charge in [0.1, 0.15) is 5.82 Å². The summed E-state index contributed by atoms with van der Waals surface area (Å²) < 4.78 is 1.94. The lowest BCUT2D eigenvalue weighted by Crippen LogP contribution is -2.17. The van der Waals surface area contributed by atoms with Crippen molar-refractivity contribution in [2.75, 3.05) is 0 Å². The molecule has 0 radical (unpaired) electrons. The Hall–Kier alpha value is -2.01. The molecule has 0 fully saturated rings. The average Bonchev–Trinajstić information content (AvgIpc) is 2.68. The normalized spacial score (nSPS) is 12.6. The van der Waals surface area contributed by atoms with E-state index >= 15 is 0 Å². The van der Waals surface area contributed by atoms with E-state index in [4.69, 9.17) is 5.73 Å². The molecule has 1 atom stereocenters. The van der Waals surface area contributed by atoms with Gasteiger partial charge in [-0.25, -0.2) is 4.98 Å². The average molecular weight is 233 g/mol. The minimum absolute atomic E-state index is 0.139. The van der Waals surface area contributed by atoms with Gasteiger partial charge in [-0.1, -0.05) is 6.07 Å². The molecule has 90 valence electrons. The van der Waals surface area contributed by atoms with E-state index in [2.05, 4.69) is 4.98 Å². The molecule has 0 saturated carbocycles. The van der Waals surface area contributed by atoms with E-state index in [1.807, 2.05) is 17.7 Å². The van der Waals surface area contributed by atoms with Crippen LogP contribution in [0.25, 0.3) is 0 Å². The van der Waals surface area contributed by atoms with Crippen LogP contribution in [0.15, 0.2) is 30.6 Å². The lowest BCUT2D eigenvalue weighted by Gasteiger charge is -2.14. The van der Waals surface area contributed by atoms with E-state index in [1.165, 1.54) is 12.1 Å². The maximum Gasteiger partial charge on any atom is 0.157 e. The summed E-state index contributed by atoms with van der Waals surface area (Å²) >= 11 is 0. The number of imidazole rings is 1. The molecule has 2 aromatic rings. The van der Waals surface area contributed by atoms with Crippen LogP contribution < -0.4 is 5.73 Å². The van der Waals surface area contributed by atoms with Crippen LogP contribution in [0.4, 0.5) is 0 Å². The Kier molecular flexibility index (Phi) is 3.01. The van der Waals surface area contributed by atoms with Gasteiger partial charge in [0.05, 0.1) is 0 Å². The Bertz CT molecular complexity index is 522. The van der Waals surface area contributed by atoms with E-state index in [-0.39, 0.29) is 17.5 Å². The number of phenolic OH excluding ortho intramolecular Hbond substituents is 2. The lowest BCUT2D eigenvalue weighted by molar-refractivity contribution is 0.402. The van der Waals surface area contributed by atoms with Gasteiger partial charge in [0, 0.05) is 25.0 Å². The number of nitrogens with two attached hydrogens (primary N) is 1. The summed E-state index contributed by atoms with van der Waals surface area (Å²) in [6.45, 7) is 2.48. The highest BCUT2D eigenvalue weighted by molar-refractivity contribution is 5.41. The van der Waals surface area contributed by atoms with Crippen LogP contribution in [0.3, 0.4) is 0 Å². The van der Waals surface area contributed by atoms with Crippen molar-refractivity contribution in [1.82, 2.24) is 9.55 Å². The third-order valence-corrected chi connectivity index (χ3v) is 2.74. The predicted octanol–water partition coefficient (Wildman–Crippen LogP) is 1.30. The van der Waals surface area contributed by atoms with E-state index in [0.717, 1.165) is 11.4 Å². The van der Waals surface area contributed by atoms with E-state index in [9.17, 15) is 10.2 Å². The van der Waals surface area contributed by atoms with Gasteiger partial charge in [-0.15, -0.1) is 0 Å². The predicted molar refractivity (Wildman–Crippen MR) is 63.7 cm³/mol. The third-order valence-electron chi connectivity index (χ3n) is 2.74. The van der Waals surface area contributed by atoms with Gasteiger partial charge in [0.15, 0.2) is 11.5 Å². The van der Waals surface area contributed by atoms with Gasteiger partial charge in [0.2, 0.25) is 0 Å². The van der Waals surface area contributed by atoms with Crippen LogP contribution in [0.1, 0.15) is 17.4 Å². The molecule has 1 aromatic heterocycles. The van der Waals surface area contributed by atoms with E-state index < -0.39 is 0 Å². The van der Waals surface area contributed by atoms with Gasteiger partial charge in [0.25, 0.3) is 0 Å². The first-order valence-electron chi connectivity index (χ1n) is 5.33.